The number of nitrogens with zero attached hydrogens (tertiary/aromatic N) is 2. The quantitative estimate of drug-likeness (QED) is 0.713. The minimum Gasteiger partial charge on any atom is -0.337 e. The molecule has 2 heterocycles. The van der Waals surface area contributed by atoms with E-state index in [1.165, 1.54) is 23.1 Å². The number of hydrogen-bond donors (Lipinski definition) is 0. The van der Waals surface area contributed by atoms with Crippen molar-refractivity contribution >= 4 is 31.7 Å². The number of hydrogen-bond acceptors (Lipinski definition) is 6. The van der Waals surface area contributed by atoms with Crippen molar-refractivity contribution in [2.24, 2.45) is 0 Å². The van der Waals surface area contributed by atoms with Crippen molar-refractivity contribution in [1.82, 2.24) is 9.21 Å². The zero-order valence-electron chi connectivity index (χ0n) is 13.6. The molecule has 1 aromatic carbocycles. The topological polar surface area (TPSA) is 109 Å². The summed E-state index contributed by atoms with van der Waals surface area (Å²) in [6.45, 7) is 1.31. The van der Waals surface area contributed by atoms with Gasteiger partial charge < -0.3 is 4.90 Å². The molecule has 0 radical (unpaired) electrons. The smallest absolute Gasteiger partial charge is 0.269 e. The van der Waals surface area contributed by atoms with Crippen LogP contribution in [0.15, 0.2) is 29.2 Å². The molecule has 25 heavy (non-hydrogen) atoms. The molecule has 136 valence electrons. The van der Waals surface area contributed by atoms with Crippen LogP contribution in [-0.2, 0) is 24.7 Å². The highest BCUT2D eigenvalue weighted by molar-refractivity contribution is 7.91. The van der Waals surface area contributed by atoms with E-state index in [4.69, 9.17) is 0 Å². The van der Waals surface area contributed by atoms with Crippen LogP contribution in [0.2, 0.25) is 0 Å². The maximum absolute atomic E-state index is 12.6. The first-order valence-electron chi connectivity index (χ1n) is 7.83. The van der Waals surface area contributed by atoms with E-state index >= 15 is 0 Å². The lowest BCUT2D eigenvalue weighted by molar-refractivity contribution is -0.132. The summed E-state index contributed by atoms with van der Waals surface area (Å²) in [5.74, 6) is -1.44. The van der Waals surface area contributed by atoms with Crippen LogP contribution in [0.25, 0.3) is 0 Å². The third-order valence-electron chi connectivity index (χ3n) is 4.50. The van der Waals surface area contributed by atoms with Gasteiger partial charge in [0.05, 0.1) is 17.1 Å². The average Bonchev–Trinajstić information content (AvgIpc) is 2.99. The van der Waals surface area contributed by atoms with Gasteiger partial charge in [0, 0.05) is 12.6 Å². The average molecular weight is 386 g/mol. The van der Waals surface area contributed by atoms with Crippen molar-refractivity contribution in [2.75, 3.05) is 24.6 Å². The highest BCUT2D eigenvalue weighted by Crippen LogP contribution is 2.30. The molecule has 1 aromatic rings. The van der Waals surface area contributed by atoms with Crippen molar-refractivity contribution in [1.29, 1.82) is 0 Å². The summed E-state index contributed by atoms with van der Waals surface area (Å²) in [4.78, 5) is 26.2. The molecule has 0 bridgehead atoms. The second kappa shape index (κ2) is 6.10. The second-order valence-corrected chi connectivity index (χ2v) is 10.1. The Bertz CT molecular complexity index is 939. The van der Waals surface area contributed by atoms with Gasteiger partial charge in [0.2, 0.25) is 5.91 Å². The molecule has 0 aliphatic carbocycles. The van der Waals surface area contributed by atoms with Crippen LogP contribution in [0.3, 0.4) is 0 Å². The first kappa shape index (κ1) is 17.9. The number of sulfone groups is 1. The molecule has 0 unspecified atom stereocenters. The maximum atomic E-state index is 12.6. The van der Waals surface area contributed by atoms with Crippen molar-refractivity contribution in [2.45, 2.75) is 24.3 Å². The third-order valence-corrected chi connectivity index (χ3v) is 8.04. The zero-order valence-corrected chi connectivity index (χ0v) is 15.2. The molecule has 10 heteroatoms. The van der Waals surface area contributed by atoms with Crippen molar-refractivity contribution in [3.63, 3.8) is 0 Å². The Morgan fingerprint density at radius 3 is 2.48 bits per heavy atom. The lowest BCUT2D eigenvalue weighted by Gasteiger charge is -2.28. The molecular formula is C15H18N2O6S2. The Labute approximate surface area is 146 Å². The number of carbonyl (C=O) groups excluding carboxylic acids is 2. The Balaban J connectivity index is 1.83. The van der Waals surface area contributed by atoms with E-state index in [2.05, 4.69) is 0 Å². The third kappa shape index (κ3) is 3.04. The van der Waals surface area contributed by atoms with Gasteiger partial charge in [-0.25, -0.2) is 21.1 Å². The molecule has 2 aliphatic rings. The summed E-state index contributed by atoms with van der Waals surface area (Å²) in [7, 11) is -7.24. The maximum Gasteiger partial charge on any atom is 0.269 e. The lowest BCUT2D eigenvalue weighted by Crippen LogP contribution is -2.47. The molecule has 0 spiro atoms. The fourth-order valence-corrected chi connectivity index (χ4v) is 6.51. The second-order valence-electron chi connectivity index (χ2n) is 6.05. The highest BCUT2D eigenvalue weighted by Gasteiger charge is 2.43. The molecule has 2 aliphatic heterocycles. The highest BCUT2D eigenvalue weighted by atomic mass is 32.2. The van der Waals surface area contributed by atoms with Gasteiger partial charge in [-0.15, -0.1) is 0 Å². The number of carbonyl (C=O) groups is 2. The number of sulfonamides is 1. The predicted molar refractivity (Wildman–Crippen MR) is 89.1 cm³/mol. The summed E-state index contributed by atoms with van der Waals surface area (Å²) in [6.07, 6.45) is 0.322. The zero-order chi connectivity index (χ0) is 18.4. The van der Waals surface area contributed by atoms with E-state index in [0.717, 1.165) is 0 Å². The number of fused-ring (bicyclic) bond motifs is 1. The number of likely N-dealkylation sites (N-methyl/N-ethyl adjacent to an activating group) is 1. The molecule has 0 N–H and O–H groups in total. The van der Waals surface area contributed by atoms with Gasteiger partial charge in [-0.2, -0.15) is 0 Å². The summed E-state index contributed by atoms with van der Waals surface area (Å²) in [5, 5.41) is 0. The van der Waals surface area contributed by atoms with Crippen LogP contribution in [0.5, 0.6) is 0 Å². The van der Waals surface area contributed by atoms with E-state index in [0.29, 0.717) is 10.7 Å². The van der Waals surface area contributed by atoms with Crippen LogP contribution in [-0.4, -0.2) is 68.5 Å². The van der Waals surface area contributed by atoms with Gasteiger partial charge in [-0.3, -0.25) is 9.59 Å². The normalized spacial score (nSPS) is 23.5. The molecule has 1 saturated heterocycles. The van der Waals surface area contributed by atoms with Crippen LogP contribution >= 0.6 is 0 Å². The van der Waals surface area contributed by atoms with E-state index in [1.807, 2.05) is 0 Å². The van der Waals surface area contributed by atoms with Crippen molar-refractivity contribution in [3.05, 3.63) is 29.8 Å². The van der Waals surface area contributed by atoms with Gasteiger partial charge in [-0.05, 0) is 25.5 Å². The van der Waals surface area contributed by atoms with E-state index in [-0.39, 0.29) is 28.5 Å². The fourth-order valence-electron chi connectivity index (χ4n) is 3.26. The minimum absolute atomic E-state index is 0.00777. The van der Waals surface area contributed by atoms with Gasteiger partial charge in [0.15, 0.2) is 9.84 Å². The largest absolute Gasteiger partial charge is 0.337 e. The van der Waals surface area contributed by atoms with Crippen molar-refractivity contribution in [3.8, 4) is 0 Å². The Hall–Kier alpha value is -1.94. The summed E-state index contributed by atoms with van der Waals surface area (Å²) in [6, 6.07) is 5.32. The first-order chi connectivity index (χ1) is 11.7. The van der Waals surface area contributed by atoms with Gasteiger partial charge in [0.1, 0.15) is 11.4 Å². The Morgan fingerprint density at radius 1 is 1.24 bits per heavy atom. The summed E-state index contributed by atoms with van der Waals surface area (Å²) >= 11 is 0. The van der Waals surface area contributed by atoms with Crippen molar-refractivity contribution < 1.29 is 26.4 Å². The summed E-state index contributed by atoms with van der Waals surface area (Å²) in [5.41, 5.74) is 0.0433. The number of benzene rings is 1. The Morgan fingerprint density at radius 2 is 1.92 bits per heavy atom. The summed E-state index contributed by atoms with van der Waals surface area (Å²) < 4.78 is 48.8. The lowest BCUT2D eigenvalue weighted by atomic mass is 10.2. The Kier molecular flexibility index (Phi) is 4.36. The molecule has 1 fully saturated rings. The minimum atomic E-state index is -4.06. The van der Waals surface area contributed by atoms with Gasteiger partial charge in [0.25, 0.3) is 15.9 Å². The van der Waals surface area contributed by atoms with E-state index in [1.54, 1.807) is 13.0 Å². The van der Waals surface area contributed by atoms with Crippen LogP contribution in [0.4, 0.5) is 0 Å². The fraction of sp³-hybridized carbons (Fsp3) is 0.467. The van der Waals surface area contributed by atoms with E-state index in [9.17, 15) is 26.4 Å². The standard InChI is InChI=1S/C15H18N2O6S2/c1-2-16(11-7-8-24(20,21)10-11)14(18)9-17-15(19)12-5-3-4-6-13(12)25(17,22)23/h3-6,11H,2,7-10H2,1H3/t11-/m1/s1. The van der Waals surface area contributed by atoms with Crippen LogP contribution in [0, 0.1) is 0 Å². The first-order valence-corrected chi connectivity index (χ1v) is 11.1. The predicted octanol–water partition coefficient (Wildman–Crippen LogP) is -0.133. The molecule has 8 nitrogen and oxygen atoms in total. The molecule has 0 saturated carbocycles. The van der Waals surface area contributed by atoms with E-state index < -0.39 is 44.3 Å². The molecule has 3 rings (SSSR count). The number of rotatable bonds is 4. The van der Waals surface area contributed by atoms with Crippen LogP contribution in [0.1, 0.15) is 23.7 Å². The number of amides is 2. The molecule has 1 atom stereocenters. The van der Waals surface area contributed by atoms with Gasteiger partial charge in [-0.1, -0.05) is 12.1 Å². The molecular weight excluding hydrogens is 368 g/mol. The van der Waals surface area contributed by atoms with Crippen LogP contribution < -0.4 is 0 Å². The van der Waals surface area contributed by atoms with Gasteiger partial charge >= 0.3 is 0 Å². The SMILES string of the molecule is CCN(C(=O)CN1C(=O)c2ccccc2S1(=O)=O)[C@@H]1CCS(=O)(=O)C1. The molecule has 2 amide bonds. The monoisotopic (exact) mass is 386 g/mol. The molecule has 0 aromatic heterocycles.